The van der Waals surface area contributed by atoms with Gasteiger partial charge in [-0.1, -0.05) is 30.3 Å². The number of halogens is 6. The fourth-order valence-electron chi connectivity index (χ4n) is 2.75. The van der Waals surface area contributed by atoms with Crippen LogP contribution < -0.4 is 4.74 Å². The molecular weight excluding hydrogens is 410 g/mol. The lowest BCUT2D eigenvalue weighted by Gasteiger charge is -2.31. The van der Waals surface area contributed by atoms with Crippen LogP contribution in [-0.2, 0) is 5.85 Å². The van der Waals surface area contributed by atoms with Gasteiger partial charge in [-0.2, -0.15) is 17.6 Å². The number of alkyl halides is 5. The second kappa shape index (κ2) is 8.22. The number of hydrogen-bond donors (Lipinski definition) is 0. The highest BCUT2D eigenvalue weighted by Gasteiger charge is 2.59. The van der Waals surface area contributed by atoms with Crippen molar-refractivity contribution < 1.29 is 35.9 Å². The molecular formula is C22H14F6O2. The van der Waals surface area contributed by atoms with Crippen LogP contribution in [0.2, 0.25) is 0 Å². The predicted molar refractivity (Wildman–Crippen MR) is 97.1 cm³/mol. The molecule has 0 aliphatic rings. The molecule has 0 aliphatic carbocycles. The molecule has 3 aromatic carbocycles. The molecule has 2 unspecified atom stereocenters. The van der Waals surface area contributed by atoms with E-state index in [4.69, 9.17) is 4.74 Å². The van der Waals surface area contributed by atoms with Gasteiger partial charge in [-0.25, -0.2) is 8.78 Å². The molecule has 3 aromatic rings. The highest BCUT2D eigenvalue weighted by molar-refractivity contribution is 6.08. The standard InChI is InChI=1S/C22H14F6O2/c23-17-10-6-14(7-11-17)19(29)15-8-12-18(13-9-15)30-21(25,20(24)22(26,27)28)16-4-2-1-3-5-16/h1-13,20H. The molecule has 2 atom stereocenters. The van der Waals surface area contributed by atoms with E-state index in [1.54, 1.807) is 0 Å². The Morgan fingerprint density at radius 2 is 1.27 bits per heavy atom. The molecule has 0 heterocycles. The number of ether oxygens (including phenoxy) is 1. The van der Waals surface area contributed by atoms with Gasteiger partial charge in [0.15, 0.2) is 5.78 Å². The van der Waals surface area contributed by atoms with Crippen LogP contribution in [0.3, 0.4) is 0 Å². The van der Waals surface area contributed by atoms with Crippen LogP contribution in [0, 0.1) is 5.82 Å². The van der Waals surface area contributed by atoms with E-state index < -0.39 is 41.1 Å². The third-order valence-corrected chi connectivity index (χ3v) is 4.27. The Balaban J connectivity index is 1.89. The normalized spacial score (nSPS) is 14.6. The third kappa shape index (κ3) is 4.48. The molecule has 0 aliphatic heterocycles. The smallest absolute Gasteiger partial charge is 0.426 e. The molecule has 2 nitrogen and oxygen atoms in total. The van der Waals surface area contributed by atoms with Crippen LogP contribution in [-0.4, -0.2) is 18.1 Å². The van der Waals surface area contributed by atoms with Gasteiger partial charge in [-0.3, -0.25) is 4.79 Å². The van der Waals surface area contributed by atoms with Crippen molar-refractivity contribution in [3.8, 4) is 5.75 Å². The molecule has 0 fully saturated rings. The summed E-state index contributed by atoms with van der Waals surface area (Å²) in [6, 6.07) is 15.1. The molecule has 30 heavy (non-hydrogen) atoms. The number of carbonyl (C=O) groups is 1. The number of benzene rings is 3. The fourth-order valence-corrected chi connectivity index (χ4v) is 2.75. The largest absolute Gasteiger partial charge is 0.451 e. The molecule has 0 spiro atoms. The van der Waals surface area contributed by atoms with Crippen molar-refractivity contribution in [1.29, 1.82) is 0 Å². The molecule has 0 amide bonds. The lowest BCUT2D eigenvalue weighted by Crippen LogP contribution is -2.46. The van der Waals surface area contributed by atoms with Crippen LogP contribution in [0.4, 0.5) is 26.3 Å². The molecule has 0 radical (unpaired) electrons. The molecule has 0 N–H and O–H groups in total. The van der Waals surface area contributed by atoms with Crippen molar-refractivity contribution in [3.05, 3.63) is 101 Å². The average molecular weight is 424 g/mol. The van der Waals surface area contributed by atoms with Crippen LogP contribution in [0.25, 0.3) is 0 Å². The van der Waals surface area contributed by atoms with Crippen molar-refractivity contribution in [1.82, 2.24) is 0 Å². The van der Waals surface area contributed by atoms with Crippen LogP contribution >= 0.6 is 0 Å². The van der Waals surface area contributed by atoms with Gasteiger partial charge < -0.3 is 4.74 Å². The van der Waals surface area contributed by atoms with E-state index in [-0.39, 0.29) is 11.1 Å². The highest BCUT2D eigenvalue weighted by Crippen LogP contribution is 2.42. The minimum Gasteiger partial charge on any atom is -0.451 e. The maximum absolute atomic E-state index is 15.2. The van der Waals surface area contributed by atoms with Crippen molar-refractivity contribution in [3.63, 3.8) is 0 Å². The van der Waals surface area contributed by atoms with Gasteiger partial charge in [-0.15, -0.1) is 0 Å². The number of carbonyl (C=O) groups excluding carboxylic acids is 1. The summed E-state index contributed by atoms with van der Waals surface area (Å²) in [6.45, 7) is 0. The Bertz CT molecular complexity index is 1000. The SMILES string of the molecule is O=C(c1ccc(F)cc1)c1ccc(OC(F)(c2ccccc2)C(F)C(F)(F)F)cc1. The van der Waals surface area contributed by atoms with Gasteiger partial charge in [0.25, 0.3) is 6.17 Å². The van der Waals surface area contributed by atoms with Crippen molar-refractivity contribution in [2.45, 2.75) is 18.2 Å². The molecule has 0 bridgehead atoms. The molecule has 8 heteroatoms. The van der Waals surface area contributed by atoms with E-state index in [0.717, 1.165) is 36.4 Å². The summed E-state index contributed by atoms with van der Waals surface area (Å²) in [4.78, 5) is 12.4. The Kier molecular flexibility index (Phi) is 5.87. The fraction of sp³-hybridized carbons (Fsp3) is 0.136. The first kappa shape index (κ1) is 21.4. The first-order valence-electron chi connectivity index (χ1n) is 8.66. The average Bonchev–Trinajstić information content (AvgIpc) is 2.73. The summed E-state index contributed by atoms with van der Waals surface area (Å²) in [5.41, 5.74) is -0.373. The number of rotatable bonds is 6. The van der Waals surface area contributed by atoms with Crippen LogP contribution in [0.15, 0.2) is 78.9 Å². The summed E-state index contributed by atoms with van der Waals surface area (Å²) >= 11 is 0. The topological polar surface area (TPSA) is 26.3 Å². The summed E-state index contributed by atoms with van der Waals surface area (Å²) in [6.07, 6.45) is -9.46. The lowest BCUT2D eigenvalue weighted by molar-refractivity contribution is -0.263. The minimum absolute atomic E-state index is 0.103. The molecule has 3 rings (SSSR count). The maximum atomic E-state index is 15.2. The van der Waals surface area contributed by atoms with E-state index in [1.807, 2.05) is 0 Å². The van der Waals surface area contributed by atoms with Crippen molar-refractivity contribution >= 4 is 5.78 Å². The Morgan fingerprint density at radius 1 is 0.767 bits per heavy atom. The molecule has 0 saturated heterocycles. The van der Waals surface area contributed by atoms with E-state index >= 15 is 4.39 Å². The zero-order valence-electron chi connectivity index (χ0n) is 15.2. The van der Waals surface area contributed by atoms with Gasteiger partial charge >= 0.3 is 12.0 Å². The van der Waals surface area contributed by atoms with E-state index in [1.165, 1.54) is 42.5 Å². The van der Waals surface area contributed by atoms with Crippen molar-refractivity contribution in [2.75, 3.05) is 0 Å². The second-order valence-corrected chi connectivity index (χ2v) is 6.38. The van der Waals surface area contributed by atoms with Gasteiger partial charge in [0, 0.05) is 16.7 Å². The first-order chi connectivity index (χ1) is 14.1. The Labute approximate surface area is 167 Å². The second-order valence-electron chi connectivity index (χ2n) is 6.38. The van der Waals surface area contributed by atoms with Gasteiger partial charge in [0.1, 0.15) is 11.6 Å². The number of ketones is 1. The molecule has 156 valence electrons. The summed E-state index contributed by atoms with van der Waals surface area (Å²) < 4.78 is 86.0. The quantitative estimate of drug-likeness (QED) is 0.350. The monoisotopic (exact) mass is 424 g/mol. The predicted octanol–water partition coefficient (Wildman–Crippen LogP) is 6.16. The molecule has 0 saturated carbocycles. The number of hydrogen-bond acceptors (Lipinski definition) is 2. The summed E-state index contributed by atoms with van der Waals surface area (Å²) in [5.74, 6) is -5.26. The van der Waals surface area contributed by atoms with E-state index in [0.29, 0.717) is 0 Å². The van der Waals surface area contributed by atoms with E-state index in [2.05, 4.69) is 0 Å². The summed E-state index contributed by atoms with van der Waals surface area (Å²) in [7, 11) is 0. The highest BCUT2D eigenvalue weighted by atomic mass is 19.4. The van der Waals surface area contributed by atoms with Crippen LogP contribution in [0.1, 0.15) is 21.5 Å². The minimum atomic E-state index is -5.51. The lowest BCUT2D eigenvalue weighted by atomic mass is 10.0. The van der Waals surface area contributed by atoms with E-state index in [9.17, 15) is 26.7 Å². The zero-order chi connectivity index (χ0) is 21.9. The Morgan fingerprint density at radius 3 is 1.77 bits per heavy atom. The Hall–Kier alpha value is -3.29. The van der Waals surface area contributed by atoms with Gasteiger partial charge in [0.2, 0.25) is 0 Å². The zero-order valence-corrected chi connectivity index (χ0v) is 15.2. The maximum Gasteiger partial charge on any atom is 0.426 e. The van der Waals surface area contributed by atoms with Crippen molar-refractivity contribution in [2.24, 2.45) is 0 Å². The first-order valence-corrected chi connectivity index (χ1v) is 8.66. The van der Waals surface area contributed by atoms with Gasteiger partial charge in [0.05, 0.1) is 0 Å². The van der Waals surface area contributed by atoms with Crippen LogP contribution in [0.5, 0.6) is 5.75 Å². The third-order valence-electron chi connectivity index (χ3n) is 4.27. The molecule has 0 aromatic heterocycles. The summed E-state index contributed by atoms with van der Waals surface area (Å²) in [5, 5.41) is 0. The van der Waals surface area contributed by atoms with Gasteiger partial charge in [-0.05, 0) is 48.5 Å².